The van der Waals surface area contributed by atoms with E-state index in [1.54, 1.807) is 12.4 Å². The van der Waals surface area contributed by atoms with Crippen molar-refractivity contribution < 1.29 is 4.74 Å². The van der Waals surface area contributed by atoms with Crippen LogP contribution < -0.4 is 15.4 Å². The molecule has 0 aromatic carbocycles. The van der Waals surface area contributed by atoms with Gasteiger partial charge in [0.15, 0.2) is 5.75 Å². The van der Waals surface area contributed by atoms with E-state index in [1.807, 2.05) is 0 Å². The lowest BCUT2D eigenvalue weighted by Gasteiger charge is -2.23. The number of aromatic nitrogens is 2. The smallest absolute Gasteiger partial charge is 0.223 e. The molecule has 3 rings (SSSR count). The molecule has 2 saturated heterocycles. The van der Waals surface area contributed by atoms with E-state index in [0.717, 1.165) is 44.8 Å². The molecule has 0 saturated carbocycles. The van der Waals surface area contributed by atoms with Crippen LogP contribution in [0.3, 0.4) is 0 Å². The molecule has 6 heteroatoms. The Labute approximate surface area is 126 Å². The normalized spacial score (nSPS) is 24.1. The predicted octanol–water partition coefficient (Wildman–Crippen LogP) is 0.971. The minimum absolute atomic E-state index is 0.479. The van der Waals surface area contributed by atoms with E-state index in [9.17, 15) is 0 Å². The van der Waals surface area contributed by atoms with Crippen LogP contribution in [-0.2, 0) is 0 Å². The molecule has 2 aliphatic heterocycles. The van der Waals surface area contributed by atoms with Crippen molar-refractivity contribution in [2.45, 2.75) is 25.3 Å². The van der Waals surface area contributed by atoms with Crippen molar-refractivity contribution in [1.82, 2.24) is 20.2 Å². The highest BCUT2D eigenvalue weighted by atomic mass is 16.5. The number of likely N-dealkylation sites (tertiary alicyclic amines) is 1. The van der Waals surface area contributed by atoms with Gasteiger partial charge in [0.05, 0.1) is 19.0 Å². The summed E-state index contributed by atoms with van der Waals surface area (Å²) in [4.78, 5) is 11.1. The van der Waals surface area contributed by atoms with Gasteiger partial charge in [-0.3, -0.25) is 0 Å². The average Bonchev–Trinajstić information content (AvgIpc) is 2.93. The summed E-state index contributed by atoms with van der Waals surface area (Å²) in [6.45, 7) is 5.18. The Bertz CT molecular complexity index is 432. The Morgan fingerprint density at radius 2 is 2.05 bits per heavy atom. The van der Waals surface area contributed by atoms with Gasteiger partial charge in [0.1, 0.15) is 0 Å². The summed E-state index contributed by atoms with van der Waals surface area (Å²) in [5, 5.41) is 6.74. The Morgan fingerprint density at radius 3 is 2.71 bits per heavy atom. The van der Waals surface area contributed by atoms with E-state index in [4.69, 9.17) is 4.74 Å². The third-order valence-electron chi connectivity index (χ3n) is 4.28. The molecular weight excluding hydrogens is 266 g/mol. The molecule has 2 N–H and O–H groups in total. The highest BCUT2D eigenvalue weighted by molar-refractivity contribution is 5.28. The highest BCUT2D eigenvalue weighted by Gasteiger charge is 2.20. The second-order valence-corrected chi connectivity index (χ2v) is 6.14. The maximum Gasteiger partial charge on any atom is 0.223 e. The summed E-state index contributed by atoms with van der Waals surface area (Å²) in [7, 11) is 2.16. The Morgan fingerprint density at radius 1 is 1.29 bits per heavy atom. The Hall–Kier alpha value is -1.40. The highest BCUT2D eigenvalue weighted by Crippen LogP contribution is 2.17. The zero-order chi connectivity index (χ0) is 14.5. The van der Waals surface area contributed by atoms with Gasteiger partial charge in [-0.2, -0.15) is 0 Å². The topological polar surface area (TPSA) is 62.3 Å². The van der Waals surface area contributed by atoms with Gasteiger partial charge in [0.25, 0.3) is 0 Å². The minimum Gasteiger partial charge on any atom is -0.490 e. The molecule has 6 nitrogen and oxygen atoms in total. The zero-order valence-electron chi connectivity index (χ0n) is 12.7. The summed E-state index contributed by atoms with van der Waals surface area (Å²) < 4.78 is 5.79. The number of hydrogen-bond donors (Lipinski definition) is 2. The molecule has 0 spiro atoms. The Kier molecular flexibility index (Phi) is 4.87. The van der Waals surface area contributed by atoms with Gasteiger partial charge in [-0.25, -0.2) is 9.97 Å². The maximum absolute atomic E-state index is 5.79. The SMILES string of the molecule is CN1CCC(COc2cnc(NC3CCNCC3)nc2)C1. The molecule has 2 aliphatic rings. The predicted molar refractivity (Wildman–Crippen MR) is 82.6 cm³/mol. The Balaban J connectivity index is 1.45. The van der Waals surface area contributed by atoms with E-state index in [1.165, 1.54) is 13.0 Å². The van der Waals surface area contributed by atoms with Crippen molar-refractivity contribution in [3.63, 3.8) is 0 Å². The van der Waals surface area contributed by atoms with Gasteiger partial charge in [0.2, 0.25) is 5.95 Å². The van der Waals surface area contributed by atoms with E-state index < -0.39 is 0 Å². The van der Waals surface area contributed by atoms with Crippen molar-refractivity contribution in [1.29, 1.82) is 0 Å². The van der Waals surface area contributed by atoms with E-state index >= 15 is 0 Å². The van der Waals surface area contributed by atoms with Gasteiger partial charge >= 0.3 is 0 Å². The number of ether oxygens (including phenoxy) is 1. The first kappa shape index (κ1) is 14.5. The number of nitrogens with zero attached hydrogens (tertiary/aromatic N) is 3. The molecule has 0 radical (unpaired) electrons. The molecule has 21 heavy (non-hydrogen) atoms. The zero-order valence-corrected chi connectivity index (χ0v) is 12.7. The minimum atomic E-state index is 0.479. The van der Waals surface area contributed by atoms with Crippen LogP contribution in [0.5, 0.6) is 5.75 Å². The number of rotatable bonds is 5. The summed E-state index contributed by atoms with van der Waals surface area (Å²) in [6.07, 6.45) is 7.00. The van der Waals surface area contributed by atoms with E-state index in [-0.39, 0.29) is 0 Å². The van der Waals surface area contributed by atoms with E-state index in [0.29, 0.717) is 17.9 Å². The average molecular weight is 291 g/mol. The van der Waals surface area contributed by atoms with Crippen molar-refractivity contribution >= 4 is 5.95 Å². The fourth-order valence-electron chi connectivity index (χ4n) is 2.99. The molecule has 116 valence electrons. The van der Waals surface area contributed by atoms with Gasteiger partial charge in [0, 0.05) is 18.5 Å². The molecule has 1 unspecified atom stereocenters. The molecule has 1 aromatic heterocycles. The third kappa shape index (κ3) is 4.28. The van der Waals surface area contributed by atoms with Crippen LogP contribution in [0.25, 0.3) is 0 Å². The van der Waals surface area contributed by atoms with Crippen LogP contribution in [0.15, 0.2) is 12.4 Å². The second kappa shape index (κ2) is 7.04. The van der Waals surface area contributed by atoms with Crippen LogP contribution in [0.1, 0.15) is 19.3 Å². The van der Waals surface area contributed by atoms with Crippen molar-refractivity contribution in [2.24, 2.45) is 5.92 Å². The van der Waals surface area contributed by atoms with Crippen molar-refractivity contribution in [3.05, 3.63) is 12.4 Å². The first-order valence-corrected chi connectivity index (χ1v) is 7.90. The van der Waals surface area contributed by atoms with Crippen LogP contribution in [0.4, 0.5) is 5.95 Å². The fraction of sp³-hybridized carbons (Fsp3) is 0.733. The molecule has 1 atom stereocenters. The lowest BCUT2D eigenvalue weighted by Crippen LogP contribution is -2.35. The molecule has 0 aliphatic carbocycles. The summed E-state index contributed by atoms with van der Waals surface area (Å²) in [6, 6.07) is 0.479. The van der Waals surface area contributed by atoms with Crippen LogP contribution in [0, 0.1) is 5.92 Å². The standard InChI is InChI=1S/C15H25N5O/c1-20-7-4-12(10-20)11-21-14-8-17-15(18-9-14)19-13-2-5-16-6-3-13/h8-9,12-13,16H,2-7,10-11H2,1H3,(H,17,18,19). The quantitative estimate of drug-likeness (QED) is 0.843. The molecule has 0 bridgehead atoms. The molecule has 1 aromatic rings. The molecule has 2 fully saturated rings. The van der Waals surface area contributed by atoms with Gasteiger partial charge < -0.3 is 20.3 Å². The van der Waals surface area contributed by atoms with Crippen LogP contribution in [0.2, 0.25) is 0 Å². The van der Waals surface area contributed by atoms with E-state index in [2.05, 4.69) is 32.5 Å². The summed E-state index contributed by atoms with van der Waals surface area (Å²) in [5.41, 5.74) is 0. The lowest BCUT2D eigenvalue weighted by molar-refractivity contribution is 0.247. The summed E-state index contributed by atoms with van der Waals surface area (Å²) in [5.74, 6) is 2.10. The maximum atomic E-state index is 5.79. The number of anilines is 1. The molecular formula is C15H25N5O. The van der Waals surface area contributed by atoms with Crippen LogP contribution in [-0.4, -0.2) is 60.7 Å². The molecule has 0 amide bonds. The van der Waals surface area contributed by atoms with Crippen LogP contribution >= 0.6 is 0 Å². The van der Waals surface area contributed by atoms with Gasteiger partial charge in [-0.05, 0) is 45.9 Å². The first-order chi connectivity index (χ1) is 10.3. The number of hydrogen-bond acceptors (Lipinski definition) is 6. The summed E-state index contributed by atoms with van der Waals surface area (Å²) >= 11 is 0. The van der Waals surface area contributed by atoms with Gasteiger partial charge in [-0.15, -0.1) is 0 Å². The number of piperidine rings is 1. The molecule has 3 heterocycles. The monoisotopic (exact) mass is 291 g/mol. The van der Waals surface area contributed by atoms with Crippen molar-refractivity contribution in [3.8, 4) is 5.75 Å². The second-order valence-electron chi connectivity index (χ2n) is 6.14. The van der Waals surface area contributed by atoms with Crippen molar-refractivity contribution in [2.75, 3.05) is 45.2 Å². The number of nitrogens with one attached hydrogen (secondary N) is 2. The lowest BCUT2D eigenvalue weighted by atomic mass is 10.1. The first-order valence-electron chi connectivity index (χ1n) is 7.90. The van der Waals surface area contributed by atoms with Gasteiger partial charge in [-0.1, -0.05) is 0 Å². The largest absolute Gasteiger partial charge is 0.490 e. The fourth-order valence-corrected chi connectivity index (χ4v) is 2.99. The third-order valence-corrected chi connectivity index (χ3v) is 4.28.